The van der Waals surface area contributed by atoms with Gasteiger partial charge in [0.1, 0.15) is 0 Å². The molecule has 0 saturated carbocycles. The number of anilines is 1. The Bertz CT molecular complexity index is 882. The molecule has 1 unspecified atom stereocenters. The number of nitrogens with zero attached hydrogens (tertiary/aromatic N) is 3. The summed E-state index contributed by atoms with van der Waals surface area (Å²) < 4.78 is 0. The fraction of sp³-hybridized carbons (Fsp3) is 0.458. The number of hydrogen-bond donors (Lipinski definition) is 1. The van der Waals surface area contributed by atoms with Gasteiger partial charge in [0.05, 0.1) is 0 Å². The molecule has 3 amide bonds. The van der Waals surface area contributed by atoms with Crippen molar-refractivity contribution in [2.75, 3.05) is 18.4 Å². The molecule has 1 aromatic heterocycles. The lowest BCUT2D eigenvalue weighted by molar-refractivity contribution is -0.138. The number of urea groups is 1. The van der Waals surface area contributed by atoms with Gasteiger partial charge in [0.2, 0.25) is 5.91 Å². The van der Waals surface area contributed by atoms with E-state index in [2.05, 4.69) is 16.4 Å². The van der Waals surface area contributed by atoms with Gasteiger partial charge in [-0.3, -0.25) is 9.78 Å². The number of nitrogens with one attached hydrogen (secondary N) is 1. The quantitative estimate of drug-likeness (QED) is 0.798. The highest BCUT2D eigenvalue weighted by atomic mass is 16.2. The maximum absolute atomic E-state index is 13.0. The molecule has 6 nitrogen and oxygen atoms in total. The minimum atomic E-state index is -0.107. The Morgan fingerprint density at radius 1 is 1.27 bits per heavy atom. The Labute approximate surface area is 179 Å². The molecule has 1 fully saturated rings. The molecule has 0 bridgehead atoms. The molecular formula is C24H32N4O2. The number of aryl methyl sites for hydroxylation is 2. The van der Waals surface area contributed by atoms with Crippen molar-refractivity contribution in [3.05, 3.63) is 59.4 Å². The first-order valence-electron chi connectivity index (χ1n) is 10.7. The maximum Gasteiger partial charge on any atom is 0.321 e. The van der Waals surface area contributed by atoms with E-state index in [1.54, 1.807) is 12.4 Å². The van der Waals surface area contributed by atoms with Crippen molar-refractivity contribution >= 4 is 17.6 Å². The van der Waals surface area contributed by atoms with Crippen molar-refractivity contribution in [3.63, 3.8) is 0 Å². The van der Waals surface area contributed by atoms with Crippen LogP contribution in [-0.2, 0) is 11.3 Å². The number of aromatic nitrogens is 1. The second-order valence-corrected chi connectivity index (χ2v) is 8.47. The normalized spacial score (nSPS) is 16.4. The van der Waals surface area contributed by atoms with Crippen LogP contribution >= 0.6 is 0 Å². The van der Waals surface area contributed by atoms with Crippen LogP contribution in [0.25, 0.3) is 0 Å². The van der Waals surface area contributed by atoms with Crippen LogP contribution in [0.4, 0.5) is 10.5 Å². The molecule has 1 N–H and O–H groups in total. The van der Waals surface area contributed by atoms with Gasteiger partial charge in [0.25, 0.3) is 0 Å². The standard InChI is InChI=1S/C24H32N4O2/c1-17(2)23(29)28(15-20-7-5-11-25-14-20)21-8-6-12-27(16-21)24(30)26-22-10-9-18(3)13-19(22)4/h5,7,9-11,13-14,17,21H,6,8,12,15-16H2,1-4H3,(H,26,30). The van der Waals surface area contributed by atoms with Crippen molar-refractivity contribution in [1.82, 2.24) is 14.8 Å². The third-order valence-corrected chi connectivity index (χ3v) is 5.60. The molecule has 1 aromatic carbocycles. The van der Waals surface area contributed by atoms with Gasteiger partial charge in [0.15, 0.2) is 0 Å². The smallest absolute Gasteiger partial charge is 0.321 e. The zero-order chi connectivity index (χ0) is 21.7. The Morgan fingerprint density at radius 2 is 2.07 bits per heavy atom. The number of carbonyl (C=O) groups is 2. The summed E-state index contributed by atoms with van der Waals surface area (Å²) in [5, 5.41) is 3.04. The average molecular weight is 409 g/mol. The molecule has 6 heteroatoms. The van der Waals surface area contributed by atoms with Crippen molar-refractivity contribution < 1.29 is 9.59 Å². The van der Waals surface area contributed by atoms with E-state index in [-0.39, 0.29) is 23.9 Å². The minimum absolute atomic E-state index is 0.00118. The molecule has 0 aliphatic carbocycles. The van der Waals surface area contributed by atoms with Gasteiger partial charge in [-0.25, -0.2) is 4.79 Å². The van der Waals surface area contributed by atoms with Crippen LogP contribution in [0.1, 0.15) is 43.4 Å². The molecular weight excluding hydrogens is 376 g/mol. The lowest BCUT2D eigenvalue weighted by atomic mass is 10.0. The highest BCUT2D eigenvalue weighted by Gasteiger charge is 2.31. The van der Waals surface area contributed by atoms with Gasteiger partial charge in [-0.05, 0) is 49.9 Å². The molecule has 2 heterocycles. The van der Waals surface area contributed by atoms with Crippen molar-refractivity contribution in [1.29, 1.82) is 0 Å². The zero-order valence-electron chi connectivity index (χ0n) is 18.4. The number of pyridine rings is 1. The maximum atomic E-state index is 13.0. The lowest BCUT2D eigenvalue weighted by Crippen LogP contribution is -2.53. The monoisotopic (exact) mass is 408 g/mol. The van der Waals surface area contributed by atoms with Crippen LogP contribution in [0.3, 0.4) is 0 Å². The summed E-state index contributed by atoms with van der Waals surface area (Å²) >= 11 is 0. The largest absolute Gasteiger partial charge is 0.333 e. The third kappa shape index (κ3) is 5.38. The molecule has 2 aromatic rings. The highest BCUT2D eigenvalue weighted by Crippen LogP contribution is 2.22. The highest BCUT2D eigenvalue weighted by molar-refractivity contribution is 5.90. The number of likely N-dealkylation sites (tertiary alicyclic amines) is 1. The number of benzene rings is 1. The van der Waals surface area contributed by atoms with Crippen molar-refractivity contribution in [3.8, 4) is 0 Å². The van der Waals surface area contributed by atoms with Crippen LogP contribution in [0.15, 0.2) is 42.7 Å². The number of amides is 3. The topological polar surface area (TPSA) is 65.5 Å². The molecule has 160 valence electrons. The fourth-order valence-electron chi connectivity index (χ4n) is 3.95. The summed E-state index contributed by atoms with van der Waals surface area (Å²) in [6.07, 6.45) is 5.30. The molecule has 1 aliphatic rings. The molecule has 30 heavy (non-hydrogen) atoms. The van der Waals surface area contributed by atoms with Crippen LogP contribution < -0.4 is 5.32 Å². The predicted molar refractivity (Wildman–Crippen MR) is 119 cm³/mol. The summed E-state index contributed by atoms with van der Waals surface area (Å²) in [6.45, 7) is 9.63. The minimum Gasteiger partial charge on any atom is -0.333 e. The molecule has 0 radical (unpaired) electrons. The SMILES string of the molecule is Cc1ccc(NC(=O)N2CCCC(N(Cc3cccnc3)C(=O)C(C)C)C2)c(C)c1. The summed E-state index contributed by atoms with van der Waals surface area (Å²) in [7, 11) is 0. The van der Waals surface area contributed by atoms with E-state index < -0.39 is 0 Å². The summed E-state index contributed by atoms with van der Waals surface area (Å²) in [5.74, 6) is 0.0153. The van der Waals surface area contributed by atoms with Crippen LogP contribution in [-0.4, -0.2) is 45.9 Å². The number of rotatable bonds is 5. The van der Waals surface area contributed by atoms with Crippen LogP contribution in [0, 0.1) is 19.8 Å². The molecule has 1 saturated heterocycles. The molecule has 1 atom stereocenters. The zero-order valence-corrected chi connectivity index (χ0v) is 18.4. The lowest BCUT2D eigenvalue weighted by Gasteiger charge is -2.40. The molecule has 1 aliphatic heterocycles. The summed E-state index contributed by atoms with van der Waals surface area (Å²) in [6, 6.07) is 9.77. The van der Waals surface area contributed by atoms with E-state index in [9.17, 15) is 9.59 Å². The Morgan fingerprint density at radius 3 is 2.73 bits per heavy atom. The summed E-state index contributed by atoms with van der Waals surface area (Å²) in [5.41, 5.74) is 4.05. The van der Waals surface area contributed by atoms with Crippen molar-refractivity contribution in [2.45, 2.75) is 53.1 Å². The van der Waals surface area contributed by atoms with E-state index >= 15 is 0 Å². The van der Waals surface area contributed by atoms with E-state index in [0.29, 0.717) is 19.6 Å². The van der Waals surface area contributed by atoms with Gasteiger partial charge in [-0.2, -0.15) is 0 Å². The second-order valence-electron chi connectivity index (χ2n) is 8.47. The molecule has 3 rings (SSSR count). The van der Waals surface area contributed by atoms with E-state index in [1.165, 1.54) is 5.56 Å². The Hall–Kier alpha value is -2.89. The van der Waals surface area contributed by atoms with Gasteiger partial charge >= 0.3 is 6.03 Å². The van der Waals surface area contributed by atoms with Gasteiger partial charge < -0.3 is 15.1 Å². The predicted octanol–water partition coefficient (Wildman–Crippen LogP) is 4.38. The third-order valence-electron chi connectivity index (χ3n) is 5.60. The average Bonchev–Trinajstić information content (AvgIpc) is 2.74. The van der Waals surface area contributed by atoms with E-state index in [0.717, 1.165) is 29.7 Å². The first kappa shape index (κ1) is 21.8. The van der Waals surface area contributed by atoms with Gasteiger partial charge in [-0.1, -0.05) is 37.6 Å². The van der Waals surface area contributed by atoms with E-state index in [1.807, 2.05) is 61.8 Å². The van der Waals surface area contributed by atoms with Crippen molar-refractivity contribution in [2.24, 2.45) is 5.92 Å². The van der Waals surface area contributed by atoms with Crippen LogP contribution in [0.2, 0.25) is 0 Å². The Balaban J connectivity index is 1.72. The first-order chi connectivity index (χ1) is 14.3. The number of hydrogen-bond acceptors (Lipinski definition) is 3. The second kappa shape index (κ2) is 9.74. The van der Waals surface area contributed by atoms with Crippen LogP contribution in [0.5, 0.6) is 0 Å². The Kier molecular flexibility index (Phi) is 7.08. The number of carbonyl (C=O) groups excluding carboxylic acids is 2. The fourth-order valence-corrected chi connectivity index (χ4v) is 3.95. The summed E-state index contributed by atoms with van der Waals surface area (Å²) in [4.78, 5) is 33.9. The van der Waals surface area contributed by atoms with Gasteiger partial charge in [0, 0.05) is 49.7 Å². The first-order valence-corrected chi connectivity index (χ1v) is 10.7. The number of piperidine rings is 1. The van der Waals surface area contributed by atoms with E-state index in [4.69, 9.17) is 0 Å². The van der Waals surface area contributed by atoms with Gasteiger partial charge in [-0.15, -0.1) is 0 Å². The molecule has 0 spiro atoms.